The van der Waals surface area contributed by atoms with Crippen LogP contribution in [0.3, 0.4) is 0 Å². The summed E-state index contributed by atoms with van der Waals surface area (Å²) in [6.45, 7) is 4.35. The van der Waals surface area contributed by atoms with Crippen LogP contribution in [0.25, 0.3) is 0 Å². The molecule has 0 radical (unpaired) electrons. The maximum Gasteiger partial charge on any atom is 0.303 e. The predicted octanol–water partition coefficient (Wildman–Crippen LogP) is 1.63. The van der Waals surface area contributed by atoms with E-state index in [2.05, 4.69) is 10.6 Å². The number of nitrogens with one attached hydrogen (secondary N) is 2. The van der Waals surface area contributed by atoms with Gasteiger partial charge in [0.15, 0.2) is 18.0 Å². The topological polar surface area (TPSA) is 175 Å². The van der Waals surface area contributed by atoms with Gasteiger partial charge in [-0.3, -0.25) is 29.3 Å². The van der Waals surface area contributed by atoms with E-state index in [0.29, 0.717) is 5.75 Å². The molecule has 0 bridgehead atoms. The minimum Gasteiger partial charge on any atom is -0.497 e. The van der Waals surface area contributed by atoms with E-state index in [1.165, 1.54) is 13.8 Å². The van der Waals surface area contributed by atoms with Crippen LogP contribution in [0.2, 0.25) is 0 Å². The Morgan fingerprint density at radius 3 is 2.12 bits per heavy atom. The number of carbonyl (C=O) groups is 5. The summed E-state index contributed by atoms with van der Waals surface area (Å²) in [5.41, 5.74) is 1.15. The molecule has 2 fully saturated rings. The van der Waals surface area contributed by atoms with Gasteiger partial charge >= 0.3 is 17.9 Å². The zero-order valence-corrected chi connectivity index (χ0v) is 24.4. The number of para-hydroxylation sites is 1. The van der Waals surface area contributed by atoms with Crippen molar-refractivity contribution < 1.29 is 52.4 Å². The molecule has 13 heteroatoms. The number of esters is 3. The number of methoxy groups -OCH3 is 1. The average Bonchev–Trinajstić information content (AvgIpc) is 3.75. The highest BCUT2D eigenvalue weighted by molar-refractivity contribution is 6.04. The van der Waals surface area contributed by atoms with Crippen molar-refractivity contribution in [2.45, 2.75) is 70.4 Å². The third-order valence-electron chi connectivity index (χ3n) is 6.81. The molecule has 1 amide bonds. The molecule has 230 valence electrons. The summed E-state index contributed by atoms with van der Waals surface area (Å²) in [4.78, 5) is 61.5. The second-order valence-corrected chi connectivity index (χ2v) is 10.1. The van der Waals surface area contributed by atoms with E-state index in [1.54, 1.807) is 31.4 Å². The molecule has 0 saturated carbocycles. The molecule has 13 nitrogen and oxygen atoms in total. The largest absolute Gasteiger partial charge is 0.497 e. The Hall–Kier alpha value is -4.49. The quantitative estimate of drug-likeness (QED) is 0.166. The summed E-state index contributed by atoms with van der Waals surface area (Å²) >= 11 is 0. The molecule has 2 heterocycles. The van der Waals surface area contributed by atoms with Crippen LogP contribution < -0.4 is 20.1 Å². The molecule has 7 atom stereocenters. The zero-order chi connectivity index (χ0) is 31.3. The van der Waals surface area contributed by atoms with Crippen LogP contribution in [0.15, 0.2) is 48.5 Å². The molecule has 0 aliphatic carbocycles. The minimum absolute atomic E-state index is 0.133. The molecule has 0 unspecified atom stereocenters. The molecule has 0 aromatic heterocycles. The normalized spacial score (nSPS) is 25.9. The summed E-state index contributed by atoms with van der Waals surface area (Å²) in [5.74, 6) is -2.02. The van der Waals surface area contributed by atoms with Crippen LogP contribution >= 0.6 is 0 Å². The first-order valence-corrected chi connectivity index (χ1v) is 13.6. The van der Waals surface area contributed by atoms with Crippen molar-refractivity contribution in [3.8, 4) is 11.5 Å². The average molecular weight is 599 g/mol. The number of amides is 1. The van der Waals surface area contributed by atoms with Gasteiger partial charge in [0.1, 0.15) is 30.3 Å². The van der Waals surface area contributed by atoms with Crippen molar-refractivity contribution in [2.75, 3.05) is 13.7 Å². The van der Waals surface area contributed by atoms with Crippen LogP contribution in [-0.2, 0) is 38.1 Å². The number of Topliss-reactive ketones (excluding diaryl/α,β-unsaturated/α-hetero) is 1. The number of hydrogen-bond donors (Lipinski definition) is 2. The van der Waals surface area contributed by atoms with E-state index >= 15 is 0 Å². The van der Waals surface area contributed by atoms with Gasteiger partial charge in [-0.15, -0.1) is 0 Å². The van der Waals surface area contributed by atoms with Crippen LogP contribution in [0, 0.1) is 0 Å². The van der Waals surface area contributed by atoms with Crippen molar-refractivity contribution in [1.29, 1.82) is 0 Å². The first kappa shape index (κ1) is 31.4. The predicted molar refractivity (Wildman–Crippen MR) is 148 cm³/mol. The Labute approximate surface area is 248 Å². The summed E-state index contributed by atoms with van der Waals surface area (Å²) in [7, 11) is 1.57. The van der Waals surface area contributed by atoms with Gasteiger partial charge in [0, 0.05) is 27.7 Å². The van der Waals surface area contributed by atoms with Crippen LogP contribution in [-0.4, -0.2) is 80.0 Å². The van der Waals surface area contributed by atoms with Crippen LogP contribution in [0.1, 0.15) is 49.7 Å². The molecule has 2 aliphatic heterocycles. The third-order valence-corrected chi connectivity index (χ3v) is 6.81. The van der Waals surface area contributed by atoms with Gasteiger partial charge in [-0.25, -0.2) is 0 Å². The van der Waals surface area contributed by atoms with Gasteiger partial charge in [-0.2, -0.15) is 0 Å². The summed E-state index contributed by atoms with van der Waals surface area (Å²) < 4.78 is 33.5. The molecule has 2 N–H and O–H groups in total. The maximum atomic E-state index is 13.6. The number of ketones is 1. The molecule has 2 saturated heterocycles. The maximum absolute atomic E-state index is 13.6. The molecule has 2 aromatic rings. The highest BCUT2D eigenvalue weighted by Crippen LogP contribution is 2.36. The number of benzene rings is 2. The van der Waals surface area contributed by atoms with Crippen molar-refractivity contribution in [3.05, 3.63) is 59.7 Å². The number of rotatable bonds is 11. The van der Waals surface area contributed by atoms with E-state index < -0.39 is 60.5 Å². The summed E-state index contributed by atoms with van der Waals surface area (Å²) in [6, 6.07) is 11.9. The van der Waals surface area contributed by atoms with Crippen LogP contribution in [0.5, 0.6) is 11.5 Å². The van der Waals surface area contributed by atoms with Gasteiger partial charge in [0.2, 0.25) is 12.2 Å². The standard InChI is InChI=1S/C30H34N2O11/c1-15(33)31-26-29(41-18(4)36)28(40-17(3)35)23(14-39-16(2)34)43-30(26)42-22-9-7-6-8-21(22)27(37)25-24(32-25)19-10-12-20(38-5)13-11-19/h6-13,23-26,28-30,32H,14H2,1-5H3,(H,31,33)/t23-,24-,25-,26-,28-,29-,30-/m1/s1. The SMILES string of the molecule is COc1ccc([C@H]2N[C@H]2C(=O)c2ccccc2O[C@@H]2O[C@H](COC(C)=O)[C@@H](OC(C)=O)[C@H](OC(C)=O)[C@H]2NC(C)=O)cc1. The molecular formula is C30H34N2O11. The van der Waals surface area contributed by atoms with E-state index in [9.17, 15) is 24.0 Å². The lowest BCUT2D eigenvalue weighted by Gasteiger charge is -2.44. The highest BCUT2D eigenvalue weighted by Gasteiger charge is 2.52. The molecule has 43 heavy (non-hydrogen) atoms. The van der Waals surface area contributed by atoms with E-state index in [0.717, 1.165) is 19.4 Å². The van der Waals surface area contributed by atoms with Crippen molar-refractivity contribution in [3.63, 3.8) is 0 Å². The first-order chi connectivity index (χ1) is 20.5. The van der Waals surface area contributed by atoms with Crippen molar-refractivity contribution in [2.24, 2.45) is 0 Å². The number of ether oxygens (including phenoxy) is 6. The van der Waals surface area contributed by atoms with Crippen LogP contribution in [0.4, 0.5) is 0 Å². The monoisotopic (exact) mass is 598 g/mol. The second kappa shape index (κ2) is 13.7. The summed E-state index contributed by atoms with van der Waals surface area (Å²) in [5, 5.41) is 5.83. The second-order valence-electron chi connectivity index (χ2n) is 10.1. The summed E-state index contributed by atoms with van der Waals surface area (Å²) in [6.07, 6.45) is -5.08. The Bertz CT molecular complexity index is 1360. The van der Waals surface area contributed by atoms with Crippen molar-refractivity contribution in [1.82, 2.24) is 10.6 Å². The first-order valence-electron chi connectivity index (χ1n) is 13.6. The van der Waals surface area contributed by atoms with Gasteiger partial charge in [0.25, 0.3) is 0 Å². The van der Waals surface area contributed by atoms with E-state index in [1.807, 2.05) is 24.3 Å². The lowest BCUT2D eigenvalue weighted by atomic mass is 9.95. The van der Waals surface area contributed by atoms with Crippen molar-refractivity contribution >= 4 is 29.6 Å². The molecule has 2 aromatic carbocycles. The number of carbonyl (C=O) groups excluding carboxylic acids is 5. The Balaban J connectivity index is 1.63. The van der Waals surface area contributed by atoms with Gasteiger partial charge in [0.05, 0.1) is 24.8 Å². The minimum atomic E-state index is -1.36. The Morgan fingerprint density at radius 1 is 0.860 bits per heavy atom. The fourth-order valence-corrected chi connectivity index (χ4v) is 4.92. The molecular weight excluding hydrogens is 564 g/mol. The molecule has 0 spiro atoms. The smallest absolute Gasteiger partial charge is 0.303 e. The van der Waals surface area contributed by atoms with Gasteiger partial charge < -0.3 is 33.7 Å². The Morgan fingerprint density at radius 2 is 1.51 bits per heavy atom. The number of hydrogen-bond acceptors (Lipinski definition) is 12. The molecule has 4 rings (SSSR count). The zero-order valence-electron chi connectivity index (χ0n) is 24.4. The van der Waals surface area contributed by atoms with E-state index in [-0.39, 0.29) is 29.7 Å². The van der Waals surface area contributed by atoms with Gasteiger partial charge in [-0.1, -0.05) is 24.3 Å². The van der Waals surface area contributed by atoms with Gasteiger partial charge in [-0.05, 0) is 29.8 Å². The third kappa shape index (κ3) is 7.87. The highest BCUT2D eigenvalue weighted by atomic mass is 16.7. The lowest BCUT2D eigenvalue weighted by Crippen LogP contribution is -2.67. The Kier molecular flexibility index (Phi) is 9.99. The fraction of sp³-hybridized carbons (Fsp3) is 0.433. The molecule has 2 aliphatic rings. The van der Waals surface area contributed by atoms with E-state index in [4.69, 9.17) is 28.4 Å². The lowest BCUT2D eigenvalue weighted by molar-refractivity contribution is -0.257. The fourth-order valence-electron chi connectivity index (χ4n) is 4.92.